The topological polar surface area (TPSA) is 55.4 Å². The normalized spacial score (nSPS) is 2.00. The highest BCUT2D eigenvalue weighted by atomic mass is 16.0. The van der Waals surface area contributed by atoms with E-state index in [1.807, 2.05) is 0 Å². The molecule has 0 aliphatic carbocycles. The van der Waals surface area contributed by atoms with Gasteiger partial charge in [0.1, 0.15) is 0 Å². The summed E-state index contributed by atoms with van der Waals surface area (Å²) in [4.78, 5) is 0. The van der Waals surface area contributed by atoms with Gasteiger partial charge in [0.25, 0.3) is 0 Å². The van der Waals surface area contributed by atoms with Crippen molar-refractivity contribution in [3.63, 3.8) is 0 Å². The average Bonchev–Trinajstić information content (AvgIpc) is 0.918. The molecule has 0 unspecified atom stereocenters. The molecule has 0 aromatic carbocycles. The van der Waals surface area contributed by atoms with Gasteiger partial charge in [0.15, 0.2) is 0 Å². The molecule has 0 heterocycles. The van der Waals surface area contributed by atoms with Gasteiger partial charge in [0.05, 0.1) is 0 Å². The third-order valence-corrected chi connectivity index (χ3v) is 0. The first-order chi connectivity index (χ1) is 1.41. The standard InChI is InChI=1S/C2H3N.H2O/c1-2-3;/h3H,1H2;1H2. The van der Waals surface area contributed by atoms with Gasteiger partial charge in [-0.3, -0.25) is 5.41 Å². The van der Waals surface area contributed by atoms with Crippen LogP contribution in [-0.2, 0) is 0 Å². The van der Waals surface area contributed by atoms with E-state index in [9.17, 15) is 0 Å². The number of hydrogen-bond donors (Lipinski definition) is 1. The van der Waals surface area contributed by atoms with E-state index in [2.05, 4.69) is 6.58 Å². The summed E-state index contributed by atoms with van der Waals surface area (Å²) < 4.78 is 0. The highest BCUT2D eigenvalue weighted by Gasteiger charge is 0.918. The molecular weight excluding hydrogens is 54.0 g/mol. The maximum atomic E-state index is 5.85. The summed E-state index contributed by atoms with van der Waals surface area (Å²) in [6.07, 6.45) is 0. The maximum Gasteiger partial charge on any atom is -0.0306 e. The molecule has 0 rings (SSSR count). The SMILES string of the molecule is C=C=N.O. The second-order valence-electron chi connectivity index (χ2n) is 0.177. The minimum atomic E-state index is 0. The monoisotopic (exact) mass is 59.0 g/mol. The quantitative estimate of drug-likeness (QED) is 0.369. The first kappa shape index (κ1) is 9.96. The number of hydrogen-bond acceptors (Lipinski definition) is 1. The van der Waals surface area contributed by atoms with E-state index < -0.39 is 0 Å². The van der Waals surface area contributed by atoms with Gasteiger partial charge in [-0.2, -0.15) is 0 Å². The van der Waals surface area contributed by atoms with Gasteiger partial charge in [-0.15, -0.1) is 0 Å². The highest BCUT2D eigenvalue weighted by molar-refractivity contribution is 5.41. The molecule has 24 valence electrons. The summed E-state index contributed by atoms with van der Waals surface area (Å²) in [5, 5.41) is 5.85. The molecule has 0 radical (unpaired) electrons. The van der Waals surface area contributed by atoms with Crippen LogP contribution in [-0.4, -0.2) is 11.3 Å². The first-order valence-electron chi connectivity index (χ1n) is 0.604. The van der Waals surface area contributed by atoms with Gasteiger partial charge < -0.3 is 5.48 Å². The van der Waals surface area contributed by atoms with E-state index in [0.29, 0.717) is 0 Å². The van der Waals surface area contributed by atoms with Gasteiger partial charge >= 0.3 is 0 Å². The van der Waals surface area contributed by atoms with E-state index in [4.69, 9.17) is 5.41 Å². The molecule has 0 saturated carbocycles. The van der Waals surface area contributed by atoms with Crippen molar-refractivity contribution in [1.82, 2.24) is 0 Å². The second kappa shape index (κ2) is 28.5. The molecule has 0 aliphatic rings. The fraction of sp³-hybridized carbons (Fsp3) is 0. The summed E-state index contributed by atoms with van der Waals surface area (Å²) in [5.74, 6) is 1.75. The van der Waals surface area contributed by atoms with Crippen LogP contribution in [0.1, 0.15) is 0 Å². The molecule has 3 N–H and O–H groups in total. The fourth-order valence-electron chi connectivity index (χ4n) is 0. The zero-order valence-corrected chi connectivity index (χ0v) is 2.21. The predicted molar refractivity (Wildman–Crippen MR) is 17.0 cm³/mol. The van der Waals surface area contributed by atoms with Crippen LogP contribution in [0.15, 0.2) is 6.58 Å². The molecule has 4 heavy (non-hydrogen) atoms. The lowest BCUT2D eigenvalue weighted by molar-refractivity contribution is 0.824. The minimum absolute atomic E-state index is 0. The summed E-state index contributed by atoms with van der Waals surface area (Å²) >= 11 is 0. The number of nitrogens with one attached hydrogen (secondary N) is 1. The molecule has 0 aromatic heterocycles. The van der Waals surface area contributed by atoms with Crippen molar-refractivity contribution in [2.24, 2.45) is 0 Å². The third kappa shape index (κ3) is 0.681. The second-order valence-corrected chi connectivity index (χ2v) is 0.177. The summed E-state index contributed by atoms with van der Waals surface area (Å²) in [5.41, 5.74) is 0. The van der Waals surface area contributed by atoms with Crippen LogP contribution in [0.25, 0.3) is 0 Å². The molecule has 0 aliphatic heterocycles. The smallest absolute Gasteiger partial charge is 0.0306 e. The van der Waals surface area contributed by atoms with Crippen molar-refractivity contribution >= 4 is 5.87 Å². The molecular formula is C2H5NO. The van der Waals surface area contributed by atoms with E-state index in [1.165, 1.54) is 0 Å². The Kier molecular flexibility index (Phi) is 71.0. The Morgan fingerprint density at radius 1 is 1.75 bits per heavy atom. The molecule has 0 aromatic rings. The fourth-order valence-corrected chi connectivity index (χ4v) is 0. The lowest BCUT2D eigenvalue weighted by Gasteiger charge is -1.10. The first-order valence-corrected chi connectivity index (χ1v) is 0.604. The van der Waals surface area contributed by atoms with Crippen LogP contribution < -0.4 is 0 Å². The van der Waals surface area contributed by atoms with Crippen LogP contribution in [0.4, 0.5) is 0 Å². The number of rotatable bonds is 0. The molecule has 0 fully saturated rings. The van der Waals surface area contributed by atoms with Crippen LogP contribution >= 0.6 is 0 Å². The molecule has 0 bridgehead atoms. The van der Waals surface area contributed by atoms with Gasteiger partial charge in [-0.05, 0) is 12.4 Å². The minimum Gasteiger partial charge on any atom is -0.412 e. The summed E-state index contributed by atoms with van der Waals surface area (Å²) in [7, 11) is 0. The Bertz CT molecular complexity index is 27.0. The van der Waals surface area contributed by atoms with Crippen LogP contribution in [0.2, 0.25) is 0 Å². The largest absolute Gasteiger partial charge is 0.412 e. The lowest BCUT2D eigenvalue weighted by atomic mass is 11.2. The highest BCUT2D eigenvalue weighted by Crippen LogP contribution is 0.942. The summed E-state index contributed by atoms with van der Waals surface area (Å²) in [6, 6.07) is 0. The van der Waals surface area contributed by atoms with E-state index in [-0.39, 0.29) is 5.48 Å². The van der Waals surface area contributed by atoms with Crippen molar-refractivity contribution < 1.29 is 5.48 Å². The zero-order chi connectivity index (χ0) is 2.71. The van der Waals surface area contributed by atoms with E-state index in [0.717, 1.165) is 0 Å². The Morgan fingerprint density at radius 3 is 1.75 bits per heavy atom. The Labute approximate surface area is 24.6 Å². The summed E-state index contributed by atoms with van der Waals surface area (Å²) in [6.45, 7) is 2.90. The van der Waals surface area contributed by atoms with E-state index >= 15 is 0 Å². The van der Waals surface area contributed by atoms with Crippen molar-refractivity contribution in [1.29, 1.82) is 5.41 Å². The van der Waals surface area contributed by atoms with Crippen molar-refractivity contribution in [2.45, 2.75) is 0 Å². The van der Waals surface area contributed by atoms with Gasteiger partial charge in [-0.25, -0.2) is 0 Å². The van der Waals surface area contributed by atoms with Crippen LogP contribution in [0.5, 0.6) is 0 Å². The van der Waals surface area contributed by atoms with Gasteiger partial charge in [-0.1, -0.05) is 0 Å². The molecule has 0 amide bonds. The molecule has 0 atom stereocenters. The molecule has 2 heteroatoms. The van der Waals surface area contributed by atoms with Gasteiger partial charge in [0, 0.05) is 0 Å². The predicted octanol–water partition coefficient (Wildman–Crippen LogP) is -0.404. The molecule has 0 spiro atoms. The van der Waals surface area contributed by atoms with Gasteiger partial charge in [0.2, 0.25) is 0 Å². The van der Waals surface area contributed by atoms with Crippen molar-refractivity contribution in [2.75, 3.05) is 0 Å². The van der Waals surface area contributed by atoms with E-state index in [1.54, 1.807) is 5.87 Å². The Morgan fingerprint density at radius 2 is 1.75 bits per heavy atom. The third-order valence-electron chi connectivity index (χ3n) is 0. The van der Waals surface area contributed by atoms with Crippen molar-refractivity contribution in [3.05, 3.63) is 6.58 Å². The van der Waals surface area contributed by atoms with Crippen molar-refractivity contribution in [3.8, 4) is 0 Å². The average molecular weight is 59.1 g/mol. The molecule has 0 saturated heterocycles. The Hall–Kier alpha value is -0.590. The van der Waals surface area contributed by atoms with Crippen LogP contribution in [0.3, 0.4) is 0 Å². The Balaban J connectivity index is 0. The molecule has 2 nitrogen and oxygen atoms in total. The zero-order valence-electron chi connectivity index (χ0n) is 2.21. The van der Waals surface area contributed by atoms with Crippen LogP contribution in [0, 0.1) is 5.41 Å². The maximum absolute atomic E-state index is 5.85. The lowest BCUT2D eigenvalue weighted by Crippen LogP contribution is -1.10.